The molecular weight excluding hydrogens is 292 g/mol. The molecular formula is C22H22N2. The summed E-state index contributed by atoms with van der Waals surface area (Å²) in [6.07, 6.45) is 9.93. The summed E-state index contributed by atoms with van der Waals surface area (Å²) in [5.74, 6) is 0. The highest BCUT2D eigenvalue weighted by molar-refractivity contribution is 6.05. The van der Waals surface area contributed by atoms with E-state index < -0.39 is 0 Å². The van der Waals surface area contributed by atoms with E-state index in [0.29, 0.717) is 5.71 Å². The number of aryl methyl sites for hydroxylation is 1. The van der Waals surface area contributed by atoms with Crippen LogP contribution in [0.25, 0.3) is 5.57 Å². The maximum Gasteiger partial charge on any atom is 0.0540 e. The number of hydrogen-bond donors (Lipinski definition) is 2. The topological polar surface area (TPSA) is 49.9 Å². The molecule has 3 rings (SSSR count). The largest absolute Gasteiger partial charge is 0.399 e. The lowest BCUT2D eigenvalue weighted by Gasteiger charge is -2.14. The van der Waals surface area contributed by atoms with Gasteiger partial charge in [-0.15, -0.1) is 0 Å². The molecule has 0 radical (unpaired) electrons. The third-order valence-corrected chi connectivity index (χ3v) is 4.15. The number of benzene rings is 2. The second kappa shape index (κ2) is 7.14. The molecule has 0 bridgehead atoms. The van der Waals surface area contributed by atoms with Gasteiger partial charge in [0.25, 0.3) is 0 Å². The summed E-state index contributed by atoms with van der Waals surface area (Å²) in [6.45, 7) is 2.20. The molecule has 0 saturated carbocycles. The molecule has 0 atom stereocenters. The number of nitrogens with one attached hydrogen (secondary N) is 1. The van der Waals surface area contributed by atoms with Crippen LogP contribution in [0.15, 0.2) is 78.4 Å². The first kappa shape index (κ1) is 16.0. The third kappa shape index (κ3) is 3.54. The van der Waals surface area contributed by atoms with E-state index in [-0.39, 0.29) is 0 Å². The molecule has 3 N–H and O–H groups in total. The predicted octanol–water partition coefficient (Wildman–Crippen LogP) is 5.17. The zero-order valence-corrected chi connectivity index (χ0v) is 13.9. The molecule has 0 aliphatic heterocycles. The van der Waals surface area contributed by atoms with E-state index in [1.54, 1.807) is 0 Å². The minimum absolute atomic E-state index is 0.522. The van der Waals surface area contributed by atoms with Crippen molar-refractivity contribution in [3.05, 3.63) is 95.1 Å². The highest BCUT2D eigenvalue weighted by Crippen LogP contribution is 2.30. The minimum Gasteiger partial charge on any atom is -0.399 e. The van der Waals surface area contributed by atoms with Crippen LogP contribution < -0.4 is 5.73 Å². The Morgan fingerprint density at radius 1 is 0.833 bits per heavy atom. The van der Waals surface area contributed by atoms with Gasteiger partial charge in [0, 0.05) is 5.69 Å². The Bertz CT molecular complexity index is 801. The van der Waals surface area contributed by atoms with Gasteiger partial charge in [0.05, 0.1) is 5.71 Å². The normalized spacial score (nSPS) is 13.4. The van der Waals surface area contributed by atoms with E-state index in [2.05, 4.69) is 43.3 Å². The van der Waals surface area contributed by atoms with Crippen LogP contribution in [0.5, 0.6) is 0 Å². The Labute approximate surface area is 143 Å². The Morgan fingerprint density at radius 2 is 1.38 bits per heavy atom. The van der Waals surface area contributed by atoms with Crippen molar-refractivity contribution in [2.75, 3.05) is 5.73 Å². The van der Waals surface area contributed by atoms with Crippen LogP contribution >= 0.6 is 0 Å². The fourth-order valence-corrected chi connectivity index (χ4v) is 2.91. The summed E-state index contributed by atoms with van der Waals surface area (Å²) in [5, 5.41) is 7.72. The lowest BCUT2D eigenvalue weighted by Crippen LogP contribution is -1.97. The van der Waals surface area contributed by atoms with Gasteiger partial charge < -0.3 is 11.1 Å². The minimum atomic E-state index is 0.522. The van der Waals surface area contributed by atoms with E-state index in [9.17, 15) is 0 Å². The van der Waals surface area contributed by atoms with Crippen molar-refractivity contribution in [3.63, 3.8) is 0 Å². The molecule has 0 fully saturated rings. The van der Waals surface area contributed by atoms with Crippen molar-refractivity contribution < 1.29 is 0 Å². The number of nitrogens with two attached hydrogens (primary N) is 1. The molecule has 0 amide bonds. The molecule has 2 nitrogen and oxygen atoms in total. The van der Waals surface area contributed by atoms with E-state index in [1.165, 1.54) is 11.1 Å². The zero-order chi connectivity index (χ0) is 16.9. The second-order valence-corrected chi connectivity index (χ2v) is 6.02. The van der Waals surface area contributed by atoms with Crippen molar-refractivity contribution in [1.29, 1.82) is 5.41 Å². The van der Waals surface area contributed by atoms with Crippen LogP contribution in [0.3, 0.4) is 0 Å². The maximum absolute atomic E-state index is 7.72. The van der Waals surface area contributed by atoms with Gasteiger partial charge in [-0.05, 0) is 58.5 Å². The van der Waals surface area contributed by atoms with Crippen molar-refractivity contribution >= 4 is 17.0 Å². The molecule has 1 aliphatic rings. The molecule has 1 aliphatic carbocycles. The van der Waals surface area contributed by atoms with Crippen LogP contribution in [-0.4, -0.2) is 5.71 Å². The van der Waals surface area contributed by atoms with Gasteiger partial charge in [-0.2, -0.15) is 0 Å². The van der Waals surface area contributed by atoms with Crippen molar-refractivity contribution in [2.45, 2.75) is 19.8 Å². The molecule has 2 aromatic rings. The lowest BCUT2D eigenvalue weighted by molar-refractivity contribution is 0.922. The number of nitrogen functional groups attached to an aromatic ring is 1. The first-order valence-corrected chi connectivity index (χ1v) is 8.31. The van der Waals surface area contributed by atoms with Gasteiger partial charge in [0.15, 0.2) is 0 Å². The smallest absolute Gasteiger partial charge is 0.0540 e. The summed E-state index contributed by atoms with van der Waals surface area (Å²) < 4.78 is 0. The van der Waals surface area contributed by atoms with Crippen LogP contribution in [-0.2, 0) is 6.42 Å². The molecule has 0 spiro atoms. The second-order valence-electron chi connectivity index (χ2n) is 6.02. The summed E-state index contributed by atoms with van der Waals surface area (Å²) in [7, 11) is 0. The zero-order valence-electron chi connectivity index (χ0n) is 13.9. The third-order valence-electron chi connectivity index (χ3n) is 4.15. The summed E-state index contributed by atoms with van der Waals surface area (Å²) in [6, 6.07) is 16.7. The average molecular weight is 314 g/mol. The number of rotatable bonds is 4. The fraction of sp³-hybridized carbons (Fsp3) is 0.136. The Kier molecular flexibility index (Phi) is 4.76. The van der Waals surface area contributed by atoms with E-state index in [4.69, 9.17) is 11.1 Å². The van der Waals surface area contributed by atoms with Crippen molar-refractivity contribution in [1.82, 2.24) is 0 Å². The Hall–Kier alpha value is -2.87. The average Bonchev–Trinajstić information content (AvgIpc) is 2.60. The Balaban J connectivity index is 2.10. The number of allylic oxidation sites excluding steroid dienone is 5. The van der Waals surface area contributed by atoms with Gasteiger partial charge in [-0.3, -0.25) is 0 Å². The SMILES string of the molecule is CCCc1ccc(C(=C2C=CC(=N)C=C2)c2ccc(N)cc2)cc1. The predicted molar refractivity (Wildman–Crippen MR) is 103 cm³/mol. The van der Waals surface area contributed by atoms with E-state index in [0.717, 1.165) is 35.2 Å². The molecule has 2 heteroatoms. The highest BCUT2D eigenvalue weighted by Gasteiger charge is 2.11. The number of hydrogen-bond acceptors (Lipinski definition) is 2. The number of anilines is 1. The first-order chi connectivity index (χ1) is 11.7. The van der Waals surface area contributed by atoms with Crippen molar-refractivity contribution in [2.24, 2.45) is 0 Å². The molecule has 120 valence electrons. The van der Waals surface area contributed by atoms with Gasteiger partial charge >= 0.3 is 0 Å². The molecule has 24 heavy (non-hydrogen) atoms. The van der Waals surface area contributed by atoms with Crippen LogP contribution in [0.2, 0.25) is 0 Å². The van der Waals surface area contributed by atoms with Gasteiger partial charge in [0.2, 0.25) is 0 Å². The Morgan fingerprint density at radius 3 is 1.92 bits per heavy atom. The van der Waals surface area contributed by atoms with E-state index in [1.807, 2.05) is 36.4 Å². The van der Waals surface area contributed by atoms with E-state index >= 15 is 0 Å². The first-order valence-electron chi connectivity index (χ1n) is 8.31. The molecule has 0 unspecified atom stereocenters. The maximum atomic E-state index is 7.72. The standard InChI is InChI=1S/C22H22N2/c1-2-3-16-4-6-17(7-5-16)22(18-8-12-20(23)13-9-18)19-10-14-21(24)15-11-19/h4-15,23H,2-3,24H2,1H3. The summed E-state index contributed by atoms with van der Waals surface area (Å²) in [4.78, 5) is 0. The quantitative estimate of drug-likeness (QED) is 0.752. The summed E-state index contributed by atoms with van der Waals surface area (Å²) in [5.41, 5.74) is 13.1. The van der Waals surface area contributed by atoms with Crippen molar-refractivity contribution in [3.8, 4) is 0 Å². The molecule has 2 aromatic carbocycles. The fourth-order valence-electron chi connectivity index (χ4n) is 2.91. The van der Waals surface area contributed by atoms with Crippen LogP contribution in [0.4, 0.5) is 5.69 Å². The molecule has 0 aromatic heterocycles. The highest BCUT2D eigenvalue weighted by atomic mass is 14.5. The van der Waals surface area contributed by atoms with Crippen LogP contribution in [0.1, 0.15) is 30.0 Å². The van der Waals surface area contributed by atoms with Gasteiger partial charge in [0.1, 0.15) is 0 Å². The van der Waals surface area contributed by atoms with Gasteiger partial charge in [-0.25, -0.2) is 0 Å². The van der Waals surface area contributed by atoms with Crippen LogP contribution in [0, 0.1) is 5.41 Å². The summed E-state index contributed by atoms with van der Waals surface area (Å²) >= 11 is 0. The molecule has 0 saturated heterocycles. The monoisotopic (exact) mass is 314 g/mol. The van der Waals surface area contributed by atoms with Gasteiger partial charge in [-0.1, -0.05) is 61.9 Å². The lowest BCUT2D eigenvalue weighted by atomic mass is 9.90. The molecule has 0 heterocycles.